The molecule has 0 N–H and O–H groups in total. The summed E-state index contributed by atoms with van der Waals surface area (Å²) in [6.07, 6.45) is 4.89. The van der Waals surface area contributed by atoms with E-state index >= 15 is 0 Å². The number of ether oxygens (including phenoxy) is 1. The predicted octanol–water partition coefficient (Wildman–Crippen LogP) is 2.11. The van der Waals surface area contributed by atoms with Gasteiger partial charge in [0.1, 0.15) is 0 Å². The smallest absolute Gasteiger partial charge is 0.0925 e. The molecule has 0 aromatic heterocycles. The van der Waals surface area contributed by atoms with Gasteiger partial charge in [0, 0.05) is 13.0 Å². The molecule has 0 saturated heterocycles. The zero-order chi connectivity index (χ0) is 13.6. The zero-order valence-corrected chi connectivity index (χ0v) is 11.4. The Morgan fingerprint density at radius 1 is 1.24 bits per heavy atom. The van der Waals surface area contributed by atoms with Crippen molar-refractivity contribution in [1.29, 1.82) is 5.26 Å². The summed E-state index contributed by atoms with van der Waals surface area (Å²) in [5.74, 6) is 0. The Hall–Kier alpha value is -1.21. The van der Waals surface area contributed by atoms with Crippen LogP contribution < -0.4 is 0 Å². The Kier molecular flexibility index (Phi) is 13.7. The highest BCUT2D eigenvalue weighted by Crippen LogP contribution is 1.95. The fraction of sp³-hybridized carbons (Fsp3) is 0.833. The molecule has 0 aromatic carbocycles. The van der Waals surface area contributed by atoms with Gasteiger partial charge in [0.25, 0.3) is 0 Å². The van der Waals surface area contributed by atoms with Gasteiger partial charge in [-0.05, 0) is 6.42 Å². The maximum atomic E-state index is 7.43. The number of unbranched alkanes of at least 4 members (excludes halogenated alkanes) is 1. The van der Waals surface area contributed by atoms with Gasteiger partial charge < -0.3 is 19.6 Å². The first-order valence-corrected chi connectivity index (χ1v) is 5.84. The van der Waals surface area contributed by atoms with Gasteiger partial charge in [0.05, 0.1) is 40.5 Å². The molecule has 0 aliphatic carbocycles. The summed E-state index contributed by atoms with van der Waals surface area (Å²) in [6, 6.07) is 1.28. The van der Waals surface area contributed by atoms with Crippen LogP contribution in [0.3, 0.4) is 0 Å². The molecule has 0 bridgehead atoms. The van der Waals surface area contributed by atoms with E-state index in [4.69, 9.17) is 15.4 Å². The normalized spacial score (nSPS) is 9.59. The maximum absolute atomic E-state index is 7.43. The lowest BCUT2D eigenvalue weighted by atomic mass is 10.3. The highest BCUT2D eigenvalue weighted by Gasteiger charge is 2.04. The molecular formula is C12H24N4O. The largest absolute Gasteiger partial charge is 0.422 e. The Bertz CT molecular complexity index is 246. The van der Waals surface area contributed by atoms with E-state index in [2.05, 4.69) is 33.1 Å². The van der Waals surface area contributed by atoms with Gasteiger partial charge in [-0.1, -0.05) is 13.3 Å². The standard InChI is InChI=1S/C10H24NO.C2N3/c1-5-6-9-12-10-7-8-11(2,3)4;3-1-5-2-4/h5-10H2,1-4H3;/q+1;-1. The minimum atomic E-state index is 0.926. The van der Waals surface area contributed by atoms with Gasteiger partial charge in [-0.3, -0.25) is 0 Å². The molecular weight excluding hydrogens is 216 g/mol. The van der Waals surface area contributed by atoms with Gasteiger partial charge in [-0.15, -0.1) is 6.01 Å². The Balaban J connectivity index is 0. The number of quaternary nitrogens is 1. The second-order valence-corrected chi connectivity index (χ2v) is 4.65. The van der Waals surface area contributed by atoms with Gasteiger partial charge in [-0.2, -0.15) is 5.26 Å². The van der Waals surface area contributed by atoms with Crippen molar-refractivity contribution < 1.29 is 9.22 Å². The topological polar surface area (TPSA) is 67.7 Å². The molecule has 5 nitrogen and oxygen atoms in total. The van der Waals surface area contributed by atoms with Crippen molar-refractivity contribution in [3.05, 3.63) is 5.41 Å². The average molecular weight is 240 g/mol. The molecule has 0 heterocycles. The molecule has 0 aliphatic heterocycles. The van der Waals surface area contributed by atoms with E-state index < -0.39 is 0 Å². The molecule has 0 aromatic rings. The lowest BCUT2D eigenvalue weighted by Crippen LogP contribution is -2.35. The molecule has 0 saturated carbocycles. The first-order chi connectivity index (χ1) is 7.97. The first-order valence-electron chi connectivity index (χ1n) is 5.84. The predicted molar refractivity (Wildman–Crippen MR) is 69.7 cm³/mol. The summed E-state index contributed by atoms with van der Waals surface area (Å²) in [4.78, 5) is 2.58. The van der Waals surface area contributed by atoms with Gasteiger partial charge in [0.2, 0.25) is 0 Å². The van der Waals surface area contributed by atoms with Crippen LogP contribution >= 0.6 is 0 Å². The van der Waals surface area contributed by atoms with E-state index in [0.29, 0.717) is 0 Å². The van der Waals surface area contributed by atoms with Crippen LogP contribution in [0.4, 0.5) is 0 Å². The number of hydrogen-bond acceptors (Lipinski definition) is 3. The second-order valence-electron chi connectivity index (χ2n) is 4.65. The number of nitriles is 1. The van der Waals surface area contributed by atoms with Gasteiger partial charge in [0.15, 0.2) is 0 Å². The molecule has 0 aliphatic rings. The Morgan fingerprint density at radius 2 is 1.82 bits per heavy atom. The van der Waals surface area contributed by atoms with Crippen molar-refractivity contribution in [2.45, 2.75) is 26.2 Å². The lowest BCUT2D eigenvalue weighted by molar-refractivity contribution is -0.870. The van der Waals surface area contributed by atoms with E-state index in [1.807, 2.05) is 0 Å². The number of hydrogen-bond donors (Lipinski definition) is 0. The van der Waals surface area contributed by atoms with Crippen molar-refractivity contribution in [3.63, 3.8) is 0 Å². The quantitative estimate of drug-likeness (QED) is 0.296. The van der Waals surface area contributed by atoms with Gasteiger partial charge in [-0.25, -0.2) is 0 Å². The number of aliphatic imine (C=N–C) groups is 1. The molecule has 0 spiro atoms. The van der Waals surface area contributed by atoms with E-state index in [9.17, 15) is 0 Å². The van der Waals surface area contributed by atoms with Crippen LogP contribution in [0.25, 0.3) is 5.41 Å². The summed E-state index contributed by atoms with van der Waals surface area (Å²) in [6.45, 7) is 5.25. The van der Waals surface area contributed by atoms with Crippen LogP contribution in [-0.4, -0.2) is 51.4 Å². The third kappa shape index (κ3) is 25.2. The summed E-state index contributed by atoms with van der Waals surface area (Å²) >= 11 is 0. The number of nitrogens with zero attached hydrogens (tertiary/aromatic N) is 4. The van der Waals surface area contributed by atoms with Crippen molar-refractivity contribution in [2.24, 2.45) is 4.99 Å². The summed E-state index contributed by atoms with van der Waals surface area (Å²) < 4.78 is 6.50. The van der Waals surface area contributed by atoms with Crippen molar-refractivity contribution in [1.82, 2.24) is 0 Å². The molecule has 17 heavy (non-hydrogen) atoms. The lowest BCUT2D eigenvalue weighted by Gasteiger charge is -2.23. The maximum Gasteiger partial charge on any atom is 0.0925 e. The van der Waals surface area contributed by atoms with Crippen molar-refractivity contribution >= 4 is 6.01 Å². The highest BCUT2D eigenvalue weighted by molar-refractivity contribution is 5.46. The molecule has 0 unspecified atom stereocenters. The fourth-order valence-corrected chi connectivity index (χ4v) is 1.01. The van der Waals surface area contributed by atoms with Crippen LogP contribution in [-0.2, 0) is 4.74 Å². The van der Waals surface area contributed by atoms with Crippen molar-refractivity contribution in [3.8, 4) is 6.19 Å². The molecule has 0 atom stereocenters. The molecule has 5 heteroatoms. The van der Waals surface area contributed by atoms with E-state index in [1.165, 1.54) is 38.0 Å². The zero-order valence-electron chi connectivity index (χ0n) is 11.4. The Labute approximate surface area is 105 Å². The summed E-state index contributed by atoms with van der Waals surface area (Å²) in [5, 5.41) is 14.9. The summed E-state index contributed by atoms with van der Waals surface area (Å²) in [5.41, 5.74) is 0. The summed E-state index contributed by atoms with van der Waals surface area (Å²) in [7, 11) is 6.64. The minimum Gasteiger partial charge on any atom is -0.422 e. The van der Waals surface area contributed by atoms with E-state index in [-0.39, 0.29) is 0 Å². The second kappa shape index (κ2) is 12.9. The third-order valence-corrected chi connectivity index (χ3v) is 1.86. The monoisotopic (exact) mass is 240 g/mol. The van der Waals surface area contributed by atoms with Crippen LogP contribution in [0.2, 0.25) is 0 Å². The van der Waals surface area contributed by atoms with Crippen molar-refractivity contribution in [2.75, 3.05) is 40.9 Å². The molecule has 0 amide bonds. The molecule has 98 valence electrons. The van der Waals surface area contributed by atoms with E-state index in [0.717, 1.165) is 17.7 Å². The molecule has 0 radical (unpaired) electrons. The molecule has 0 fully saturated rings. The highest BCUT2D eigenvalue weighted by atomic mass is 16.5. The van der Waals surface area contributed by atoms with Crippen LogP contribution in [0, 0.1) is 11.5 Å². The van der Waals surface area contributed by atoms with E-state index in [1.54, 1.807) is 0 Å². The third-order valence-electron chi connectivity index (χ3n) is 1.86. The number of rotatable bonds is 7. The first kappa shape index (κ1) is 18.2. The SMILES string of the molecule is CCCCOCCC[N+](C)(C)C.N#CN=C=[N-]. The van der Waals surface area contributed by atoms with Gasteiger partial charge >= 0.3 is 0 Å². The minimum absolute atomic E-state index is 0.926. The average Bonchev–Trinajstić information content (AvgIpc) is 2.24. The molecule has 0 rings (SSSR count). The van der Waals surface area contributed by atoms with Crippen LogP contribution in [0.15, 0.2) is 4.99 Å². The van der Waals surface area contributed by atoms with Crippen LogP contribution in [0.5, 0.6) is 0 Å². The Morgan fingerprint density at radius 3 is 2.18 bits per heavy atom. The van der Waals surface area contributed by atoms with Crippen LogP contribution in [0.1, 0.15) is 26.2 Å². The fourth-order valence-electron chi connectivity index (χ4n) is 1.01.